The van der Waals surface area contributed by atoms with Gasteiger partial charge in [-0.3, -0.25) is 4.98 Å². The molecule has 2 aromatic heterocycles. The maximum absolute atomic E-state index is 4.14. The Bertz CT molecular complexity index is 353. The number of aromatic nitrogens is 2. The van der Waals surface area contributed by atoms with Gasteiger partial charge in [-0.15, -0.1) is 0 Å². The third-order valence-corrected chi connectivity index (χ3v) is 2.06. The van der Waals surface area contributed by atoms with Crippen molar-refractivity contribution < 1.29 is 0 Å². The Labute approximate surface area is 66.4 Å². The van der Waals surface area contributed by atoms with E-state index in [0.717, 1.165) is 15.5 Å². The molecule has 0 bridgehead atoms. The standard InChI is InChI=1S/C7H5BrN2/c8-5-1-3-9-6-2-4-10-7(5)6/h1-4,10H. The van der Waals surface area contributed by atoms with Crippen molar-refractivity contribution in [2.45, 2.75) is 0 Å². The number of hydrogen-bond acceptors (Lipinski definition) is 1. The fourth-order valence-electron chi connectivity index (χ4n) is 0.926. The highest BCUT2D eigenvalue weighted by Crippen LogP contribution is 2.19. The molecule has 2 aromatic rings. The highest BCUT2D eigenvalue weighted by Gasteiger charge is 1.96. The molecule has 10 heavy (non-hydrogen) atoms. The van der Waals surface area contributed by atoms with E-state index in [9.17, 15) is 0 Å². The van der Waals surface area contributed by atoms with Crippen molar-refractivity contribution in [2.75, 3.05) is 0 Å². The molecule has 1 N–H and O–H groups in total. The van der Waals surface area contributed by atoms with Gasteiger partial charge in [0, 0.05) is 16.9 Å². The van der Waals surface area contributed by atoms with Crippen LogP contribution < -0.4 is 0 Å². The van der Waals surface area contributed by atoms with Gasteiger partial charge in [-0.05, 0) is 28.1 Å². The lowest BCUT2D eigenvalue weighted by molar-refractivity contribution is 1.39. The Kier molecular flexibility index (Phi) is 1.24. The van der Waals surface area contributed by atoms with Gasteiger partial charge in [0.05, 0.1) is 11.0 Å². The van der Waals surface area contributed by atoms with Crippen LogP contribution in [0.5, 0.6) is 0 Å². The number of rotatable bonds is 0. The van der Waals surface area contributed by atoms with E-state index in [0.29, 0.717) is 0 Å². The van der Waals surface area contributed by atoms with Crippen LogP contribution in [0.1, 0.15) is 0 Å². The molecule has 2 rings (SSSR count). The zero-order chi connectivity index (χ0) is 6.97. The summed E-state index contributed by atoms with van der Waals surface area (Å²) < 4.78 is 1.06. The Morgan fingerprint density at radius 2 is 2.30 bits per heavy atom. The van der Waals surface area contributed by atoms with E-state index >= 15 is 0 Å². The van der Waals surface area contributed by atoms with Crippen molar-refractivity contribution in [3.8, 4) is 0 Å². The van der Waals surface area contributed by atoms with E-state index < -0.39 is 0 Å². The Hall–Kier alpha value is -0.830. The summed E-state index contributed by atoms with van der Waals surface area (Å²) in [6.07, 6.45) is 3.66. The van der Waals surface area contributed by atoms with E-state index in [-0.39, 0.29) is 0 Å². The average Bonchev–Trinajstić information content (AvgIpc) is 2.36. The maximum atomic E-state index is 4.14. The number of halogens is 1. The molecule has 0 amide bonds. The highest BCUT2D eigenvalue weighted by molar-refractivity contribution is 9.10. The molecule has 0 unspecified atom stereocenters. The fourth-order valence-corrected chi connectivity index (χ4v) is 1.36. The van der Waals surface area contributed by atoms with Crippen molar-refractivity contribution in [1.29, 1.82) is 0 Å². The van der Waals surface area contributed by atoms with Crippen molar-refractivity contribution >= 4 is 27.0 Å². The summed E-state index contributed by atoms with van der Waals surface area (Å²) in [5.41, 5.74) is 2.05. The molecule has 50 valence electrons. The molecule has 0 aliphatic heterocycles. The monoisotopic (exact) mass is 196 g/mol. The van der Waals surface area contributed by atoms with Gasteiger partial charge in [0.25, 0.3) is 0 Å². The van der Waals surface area contributed by atoms with Crippen molar-refractivity contribution in [2.24, 2.45) is 0 Å². The molecular weight excluding hydrogens is 192 g/mol. The molecule has 0 radical (unpaired) electrons. The molecule has 0 fully saturated rings. The summed E-state index contributed by atoms with van der Waals surface area (Å²) in [6, 6.07) is 3.86. The number of hydrogen-bond donors (Lipinski definition) is 1. The first-order valence-electron chi connectivity index (χ1n) is 2.95. The fraction of sp³-hybridized carbons (Fsp3) is 0. The molecule has 3 heteroatoms. The van der Waals surface area contributed by atoms with Crippen LogP contribution in [0.4, 0.5) is 0 Å². The molecule has 0 aromatic carbocycles. The third-order valence-electron chi connectivity index (χ3n) is 1.40. The smallest absolute Gasteiger partial charge is 0.0890 e. The van der Waals surface area contributed by atoms with E-state index in [1.165, 1.54) is 0 Å². The quantitative estimate of drug-likeness (QED) is 0.689. The van der Waals surface area contributed by atoms with Gasteiger partial charge in [-0.2, -0.15) is 0 Å². The summed E-state index contributed by atoms with van der Waals surface area (Å²) in [5.74, 6) is 0. The zero-order valence-corrected chi connectivity index (χ0v) is 6.72. The van der Waals surface area contributed by atoms with Crippen LogP contribution in [-0.4, -0.2) is 9.97 Å². The molecule has 0 aliphatic rings. The Morgan fingerprint density at radius 3 is 3.10 bits per heavy atom. The summed E-state index contributed by atoms with van der Waals surface area (Å²) in [6.45, 7) is 0. The van der Waals surface area contributed by atoms with Crippen LogP contribution >= 0.6 is 15.9 Å². The SMILES string of the molecule is Brc1ccnc2cc[nH]c12. The first-order valence-corrected chi connectivity index (χ1v) is 3.75. The second kappa shape index (κ2) is 2.09. The normalized spacial score (nSPS) is 10.5. The molecule has 2 heterocycles. The van der Waals surface area contributed by atoms with Gasteiger partial charge in [-0.25, -0.2) is 0 Å². The minimum absolute atomic E-state index is 0.995. The Morgan fingerprint density at radius 1 is 1.40 bits per heavy atom. The van der Waals surface area contributed by atoms with Gasteiger partial charge in [0.2, 0.25) is 0 Å². The van der Waals surface area contributed by atoms with Gasteiger partial charge in [0.1, 0.15) is 0 Å². The number of fused-ring (bicyclic) bond motifs is 1. The predicted octanol–water partition coefficient (Wildman–Crippen LogP) is 2.33. The van der Waals surface area contributed by atoms with Gasteiger partial charge in [-0.1, -0.05) is 0 Å². The lowest BCUT2D eigenvalue weighted by Gasteiger charge is -1.89. The number of aromatic amines is 1. The molecule has 2 nitrogen and oxygen atoms in total. The summed E-state index contributed by atoms with van der Waals surface area (Å²) in [5, 5.41) is 0. The minimum Gasteiger partial charge on any atom is -0.359 e. The number of nitrogens with zero attached hydrogens (tertiary/aromatic N) is 1. The first kappa shape index (κ1) is 5.92. The third kappa shape index (κ3) is 0.743. The molecule has 0 spiro atoms. The van der Waals surface area contributed by atoms with Gasteiger partial charge in [0.15, 0.2) is 0 Å². The van der Waals surface area contributed by atoms with Crippen molar-refractivity contribution in [3.63, 3.8) is 0 Å². The van der Waals surface area contributed by atoms with E-state index in [2.05, 4.69) is 25.9 Å². The van der Waals surface area contributed by atoms with Gasteiger partial charge < -0.3 is 4.98 Å². The van der Waals surface area contributed by atoms with Crippen LogP contribution in [0.2, 0.25) is 0 Å². The number of pyridine rings is 1. The second-order valence-corrected chi connectivity index (χ2v) is 2.89. The predicted molar refractivity (Wildman–Crippen MR) is 43.8 cm³/mol. The summed E-state index contributed by atoms with van der Waals surface area (Å²) in [4.78, 5) is 7.22. The molecule has 0 aliphatic carbocycles. The first-order chi connectivity index (χ1) is 4.88. The number of H-pyrrole nitrogens is 1. The van der Waals surface area contributed by atoms with E-state index in [1.54, 1.807) is 6.20 Å². The molecule has 0 atom stereocenters. The van der Waals surface area contributed by atoms with Crippen molar-refractivity contribution in [1.82, 2.24) is 9.97 Å². The maximum Gasteiger partial charge on any atom is 0.0890 e. The summed E-state index contributed by atoms with van der Waals surface area (Å²) >= 11 is 3.40. The second-order valence-electron chi connectivity index (χ2n) is 2.03. The highest BCUT2D eigenvalue weighted by atomic mass is 79.9. The lowest BCUT2D eigenvalue weighted by atomic mass is 10.4. The largest absolute Gasteiger partial charge is 0.359 e. The van der Waals surface area contributed by atoms with E-state index in [4.69, 9.17) is 0 Å². The van der Waals surface area contributed by atoms with Crippen molar-refractivity contribution in [3.05, 3.63) is 29.0 Å². The van der Waals surface area contributed by atoms with Crippen LogP contribution in [0, 0.1) is 0 Å². The van der Waals surface area contributed by atoms with E-state index in [1.807, 2.05) is 18.3 Å². The van der Waals surface area contributed by atoms with Crippen LogP contribution in [-0.2, 0) is 0 Å². The van der Waals surface area contributed by atoms with Crippen LogP contribution in [0.3, 0.4) is 0 Å². The van der Waals surface area contributed by atoms with Gasteiger partial charge >= 0.3 is 0 Å². The topological polar surface area (TPSA) is 28.7 Å². The Balaban J connectivity index is 2.95. The minimum atomic E-state index is 0.995. The van der Waals surface area contributed by atoms with Crippen LogP contribution in [0.15, 0.2) is 29.0 Å². The molecule has 0 saturated carbocycles. The molecular formula is C7H5BrN2. The molecule has 0 saturated heterocycles. The summed E-state index contributed by atoms with van der Waals surface area (Å²) in [7, 11) is 0. The zero-order valence-electron chi connectivity index (χ0n) is 5.13. The average molecular weight is 197 g/mol. The lowest BCUT2D eigenvalue weighted by Crippen LogP contribution is -1.73. The number of nitrogens with one attached hydrogen (secondary N) is 1. The van der Waals surface area contributed by atoms with Crippen LogP contribution in [0.25, 0.3) is 11.0 Å².